The molecule has 162 valence electrons. The van der Waals surface area contributed by atoms with Gasteiger partial charge in [-0.25, -0.2) is 4.39 Å². The van der Waals surface area contributed by atoms with Crippen molar-refractivity contribution in [3.63, 3.8) is 0 Å². The fourth-order valence-electron chi connectivity index (χ4n) is 2.63. The number of allylic oxidation sites excluding steroid dienone is 1. The van der Waals surface area contributed by atoms with E-state index in [1.54, 1.807) is 12.3 Å². The van der Waals surface area contributed by atoms with Crippen LogP contribution in [-0.4, -0.2) is 25.7 Å². The Kier molecular flexibility index (Phi) is 10.1. The molecule has 0 aromatic carbocycles. The summed E-state index contributed by atoms with van der Waals surface area (Å²) in [5, 5.41) is 0.000252. The van der Waals surface area contributed by atoms with Crippen LogP contribution in [0.2, 0.25) is 18.1 Å². The van der Waals surface area contributed by atoms with Gasteiger partial charge in [-0.15, -0.1) is 0 Å². The van der Waals surface area contributed by atoms with Crippen molar-refractivity contribution in [3.8, 4) is 0 Å². The molecular weight excluding hydrogens is 381 g/mol. The highest BCUT2D eigenvalue weighted by Gasteiger charge is 2.39. The molecule has 0 saturated carbocycles. The molecule has 2 atom stereocenters. The van der Waals surface area contributed by atoms with E-state index in [0.29, 0.717) is 12.1 Å². The molecule has 0 N–H and O–H groups in total. The molecule has 0 aliphatic carbocycles. The van der Waals surface area contributed by atoms with Gasteiger partial charge in [0.25, 0.3) is 0 Å². The van der Waals surface area contributed by atoms with E-state index in [-0.39, 0.29) is 16.8 Å². The number of rotatable bonds is 11. The maximum atomic E-state index is 15.2. The smallest absolute Gasteiger partial charge is 0.193 e. The van der Waals surface area contributed by atoms with Gasteiger partial charge in [-0.1, -0.05) is 45.4 Å². The zero-order valence-corrected chi connectivity index (χ0v) is 20.2. The van der Waals surface area contributed by atoms with Crippen molar-refractivity contribution < 1.29 is 13.6 Å². The summed E-state index contributed by atoms with van der Waals surface area (Å²) in [6.07, 6.45) is 8.86. The van der Waals surface area contributed by atoms with Gasteiger partial charge in [0.1, 0.15) is 18.2 Å². The molecule has 0 aliphatic rings. The maximum absolute atomic E-state index is 15.2. The summed E-state index contributed by atoms with van der Waals surface area (Å²) >= 11 is 0. The van der Waals surface area contributed by atoms with Gasteiger partial charge in [-0.3, -0.25) is 4.98 Å². The molecule has 0 spiro atoms. The van der Waals surface area contributed by atoms with Crippen LogP contribution in [0.3, 0.4) is 0 Å². The quantitative estimate of drug-likeness (QED) is 0.218. The van der Waals surface area contributed by atoms with Crippen LogP contribution in [0.15, 0.2) is 41.9 Å². The highest BCUT2D eigenvalue weighted by molar-refractivity contribution is 6.74. The lowest BCUT2D eigenvalue weighted by molar-refractivity contribution is -0.110. The lowest BCUT2D eigenvalue weighted by Crippen LogP contribution is -2.44. The second-order valence-electron chi connectivity index (χ2n) is 9.44. The molecule has 5 heteroatoms. The number of aldehydes is 1. The lowest BCUT2D eigenvalue weighted by atomic mass is 10.0. The Morgan fingerprint density at radius 2 is 2.00 bits per heavy atom. The highest BCUT2D eigenvalue weighted by Crippen LogP contribution is 2.39. The molecule has 0 aliphatic heterocycles. The Morgan fingerprint density at radius 1 is 1.31 bits per heavy atom. The average molecular weight is 420 g/mol. The minimum atomic E-state index is -2.13. The summed E-state index contributed by atoms with van der Waals surface area (Å²) < 4.78 is 21.6. The van der Waals surface area contributed by atoms with Gasteiger partial charge >= 0.3 is 0 Å². The fourth-order valence-corrected chi connectivity index (χ4v) is 3.90. The number of hydrogen-bond acceptors (Lipinski definition) is 3. The first-order chi connectivity index (χ1) is 13.5. The molecule has 29 heavy (non-hydrogen) atoms. The van der Waals surface area contributed by atoms with E-state index >= 15 is 4.39 Å². The number of hydrogen-bond donors (Lipinski definition) is 0. The zero-order valence-electron chi connectivity index (χ0n) is 19.2. The van der Waals surface area contributed by atoms with Crippen LogP contribution in [0.1, 0.15) is 66.0 Å². The summed E-state index contributed by atoms with van der Waals surface area (Å²) in [5.74, 6) is -0.191. The molecule has 0 fully saturated rings. The van der Waals surface area contributed by atoms with E-state index in [9.17, 15) is 4.79 Å². The van der Waals surface area contributed by atoms with Crippen molar-refractivity contribution >= 4 is 20.7 Å². The normalized spacial score (nSPS) is 15.9. The molecule has 1 aromatic heterocycles. The molecule has 1 heterocycles. The van der Waals surface area contributed by atoms with Gasteiger partial charge in [0.2, 0.25) is 0 Å². The SMILES string of the molecule is CC(=CC[C@H](O[Si](C)(C)C(C)(C)C)C(F)=Cc1ccccn1)CCC[C@H](C)C=O. The van der Waals surface area contributed by atoms with Crippen molar-refractivity contribution in [2.75, 3.05) is 0 Å². The Labute approximate surface area is 177 Å². The van der Waals surface area contributed by atoms with Gasteiger partial charge in [-0.2, -0.15) is 0 Å². The van der Waals surface area contributed by atoms with E-state index in [1.165, 1.54) is 11.6 Å². The third kappa shape index (κ3) is 9.17. The molecule has 0 unspecified atom stereocenters. The second kappa shape index (κ2) is 11.6. The van der Waals surface area contributed by atoms with Crippen molar-refractivity contribution in [1.29, 1.82) is 0 Å². The van der Waals surface area contributed by atoms with Crippen molar-refractivity contribution in [2.24, 2.45) is 5.92 Å². The highest BCUT2D eigenvalue weighted by atomic mass is 28.4. The third-order valence-corrected chi connectivity index (χ3v) is 10.2. The van der Waals surface area contributed by atoms with Crippen LogP contribution in [0.5, 0.6) is 0 Å². The molecule has 0 bridgehead atoms. The van der Waals surface area contributed by atoms with Gasteiger partial charge in [0.05, 0.1) is 5.69 Å². The predicted molar refractivity (Wildman–Crippen MR) is 123 cm³/mol. The number of pyridine rings is 1. The molecule has 1 rings (SSSR count). The van der Waals surface area contributed by atoms with E-state index in [0.717, 1.165) is 25.5 Å². The van der Waals surface area contributed by atoms with E-state index < -0.39 is 14.4 Å². The molecule has 0 radical (unpaired) electrons. The number of carbonyl (C=O) groups is 1. The summed E-state index contributed by atoms with van der Waals surface area (Å²) in [5.41, 5.74) is 1.80. The maximum Gasteiger partial charge on any atom is 0.193 e. The zero-order chi connectivity index (χ0) is 22.1. The minimum Gasteiger partial charge on any atom is -0.407 e. The summed E-state index contributed by atoms with van der Waals surface area (Å²) in [4.78, 5) is 15.0. The third-order valence-electron chi connectivity index (χ3n) is 5.67. The van der Waals surface area contributed by atoms with Crippen LogP contribution in [0.25, 0.3) is 6.08 Å². The Morgan fingerprint density at radius 3 is 2.55 bits per heavy atom. The van der Waals surface area contributed by atoms with Gasteiger partial charge in [0.15, 0.2) is 8.32 Å². The standard InChI is InChI=1S/C24H38FNO2Si/c1-19(11-10-12-20(2)18-27)14-15-23(28-29(6,7)24(3,4)5)22(25)17-21-13-8-9-16-26-21/h8-9,13-14,16-18,20,23H,10-12,15H2,1-7H3/t20-,23-/m0/s1. The molecule has 3 nitrogen and oxygen atoms in total. The van der Waals surface area contributed by atoms with Gasteiger partial charge in [0, 0.05) is 12.1 Å². The fraction of sp³-hybridized carbons (Fsp3) is 0.583. The first kappa shape index (κ1) is 25.4. The van der Waals surface area contributed by atoms with Gasteiger partial charge in [-0.05, 0) is 68.9 Å². The summed E-state index contributed by atoms with van der Waals surface area (Å²) in [6.45, 7) is 14.8. The number of aromatic nitrogens is 1. The topological polar surface area (TPSA) is 39.2 Å². The van der Waals surface area contributed by atoms with Crippen LogP contribution in [-0.2, 0) is 9.22 Å². The average Bonchev–Trinajstić information content (AvgIpc) is 2.64. The van der Waals surface area contributed by atoms with Crippen molar-refractivity contribution in [1.82, 2.24) is 4.98 Å². The van der Waals surface area contributed by atoms with Crippen LogP contribution >= 0.6 is 0 Å². The van der Waals surface area contributed by atoms with Crippen molar-refractivity contribution in [3.05, 3.63) is 47.6 Å². The number of nitrogens with zero attached hydrogens (tertiary/aromatic N) is 1. The molecular formula is C24H38FNO2Si. The van der Waals surface area contributed by atoms with Crippen LogP contribution < -0.4 is 0 Å². The number of carbonyl (C=O) groups excluding carboxylic acids is 1. The minimum absolute atomic E-state index is 0.000252. The molecule has 1 aromatic rings. The van der Waals surface area contributed by atoms with Crippen molar-refractivity contribution in [2.45, 2.75) is 84.5 Å². The van der Waals surface area contributed by atoms with E-state index in [2.05, 4.69) is 51.8 Å². The first-order valence-corrected chi connectivity index (χ1v) is 13.4. The summed E-state index contributed by atoms with van der Waals surface area (Å²) in [6, 6.07) is 5.45. The Balaban J connectivity index is 2.94. The van der Waals surface area contributed by atoms with Gasteiger partial charge < -0.3 is 9.22 Å². The van der Waals surface area contributed by atoms with Crippen LogP contribution in [0, 0.1) is 5.92 Å². The predicted octanol–water partition coefficient (Wildman–Crippen LogP) is 7.12. The second-order valence-corrected chi connectivity index (χ2v) is 14.2. The lowest BCUT2D eigenvalue weighted by Gasteiger charge is -2.38. The molecule has 0 saturated heterocycles. The first-order valence-electron chi connectivity index (χ1n) is 10.5. The Hall–Kier alpha value is -1.59. The molecule has 0 amide bonds. The van der Waals surface area contributed by atoms with Crippen LogP contribution in [0.4, 0.5) is 4.39 Å². The van der Waals surface area contributed by atoms with E-state index in [4.69, 9.17) is 4.43 Å². The van der Waals surface area contributed by atoms with E-state index in [1.807, 2.05) is 19.1 Å². The Bertz CT molecular complexity index is 693. The number of halogens is 1. The monoisotopic (exact) mass is 419 g/mol. The summed E-state index contributed by atoms with van der Waals surface area (Å²) in [7, 11) is -2.13. The largest absolute Gasteiger partial charge is 0.407 e.